The Morgan fingerprint density at radius 3 is 2.94 bits per heavy atom. The quantitative estimate of drug-likeness (QED) is 0.860. The molecule has 1 aromatic rings. The largest absolute Gasteiger partial charge is 0.443 e. The van der Waals surface area contributed by atoms with Crippen LogP contribution >= 0.6 is 11.6 Å². The molecule has 1 aromatic carbocycles. The molecule has 1 heterocycles. The SMILES string of the molecule is Cc1ccc(N2CC(CN)OC2=O)cc1Cl. The molecule has 1 fully saturated rings. The zero-order chi connectivity index (χ0) is 11.7. The number of halogens is 1. The highest BCUT2D eigenvalue weighted by Gasteiger charge is 2.31. The second kappa shape index (κ2) is 4.31. The maximum absolute atomic E-state index is 11.5. The van der Waals surface area contributed by atoms with E-state index < -0.39 is 0 Å². The minimum Gasteiger partial charge on any atom is -0.443 e. The van der Waals surface area contributed by atoms with Crippen LogP contribution in [0.2, 0.25) is 5.02 Å². The molecule has 16 heavy (non-hydrogen) atoms. The van der Waals surface area contributed by atoms with Crippen molar-refractivity contribution in [2.24, 2.45) is 5.73 Å². The first-order valence-electron chi connectivity index (χ1n) is 5.06. The van der Waals surface area contributed by atoms with E-state index in [-0.39, 0.29) is 12.2 Å². The third-order valence-electron chi connectivity index (χ3n) is 2.60. The molecule has 0 aliphatic carbocycles. The molecule has 1 unspecified atom stereocenters. The summed E-state index contributed by atoms with van der Waals surface area (Å²) >= 11 is 6.01. The number of hydrogen-bond donors (Lipinski definition) is 1. The normalized spacial score (nSPS) is 20.1. The third-order valence-corrected chi connectivity index (χ3v) is 3.01. The van der Waals surface area contributed by atoms with Gasteiger partial charge in [-0.3, -0.25) is 4.90 Å². The zero-order valence-corrected chi connectivity index (χ0v) is 9.70. The Labute approximate surface area is 98.9 Å². The van der Waals surface area contributed by atoms with Crippen LogP contribution in [0.25, 0.3) is 0 Å². The number of ether oxygens (including phenoxy) is 1. The summed E-state index contributed by atoms with van der Waals surface area (Å²) in [5.74, 6) is 0. The van der Waals surface area contributed by atoms with Crippen LogP contribution in [-0.4, -0.2) is 25.3 Å². The van der Waals surface area contributed by atoms with Crippen molar-refractivity contribution >= 4 is 23.4 Å². The average Bonchev–Trinajstić information content (AvgIpc) is 2.64. The summed E-state index contributed by atoms with van der Waals surface area (Å²) < 4.78 is 5.07. The molecule has 0 aromatic heterocycles. The van der Waals surface area contributed by atoms with Gasteiger partial charge in [0.15, 0.2) is 0 Å². The third kappa shape index (κ3) is 1.99. The van der Waals surface area contributed by atoms with Crippen LogP contribution in [0.1, 0.15) is 5.56 Å². The molecular formula is C11H13ClN2O2. The number of carbonyl (C=O) groups is 1. The predicted octanol–water partition coefficient (Wildman–Crippen LogP) is 1.93. The van der Waals surface area contributed by atoms with Gasteiger partial charge in [-0.15, -0.1) is 0 Å². The highest BCUT2D eigenvalue weighted by molar-refractivity contribution is 6.31. The lowest BCUT2D eigenvalue weighted by molar-refractivity contribution is 0.145. The van der Waals surface area contributed by atoms with Gasteiger partial charge in [0.1, 0.15) is 6.10 Å². The fraction of sp³-hybridized carbons (Fsp3) is 0.364. The lowest BCUT2D eigenvalue weighted by atomic mass is 10.2. The van der Waals surface area contributed by atoms with Crippen molar-refractivity contribution in [1.29, 1.82) is 0 Å². The van der Waals surface area contributed by atoms with Gasteiger partial charge in [0.25, 0.3) is 0 Å². The summed E-state index contributed by atoms with van der Waals surface area (Å²) in [5.41, 5.74) is 7.19. The summed E-state index contributed by atoms with van der Waals surface area (Å²) in [4.78, 5) is 13.1. The Hall–Kier alpha value is -1.26. The molecule has 0 radical (unpaired) electrons. The van der Waals surface area contributed by atoms with Crippen molar-refractivity contribution in [2.45, 2.75) is 13.0 Å². The summed E-state index contributed by atoms with van der Waals surface area (Å²) in [6.07, 6.45) is -0.594. The number of cyclic esters (lactones) is 1. The Morgan fingerprint density at radius 1 is 1.62 bits per heavy atom. The molecule has 4 nitrogen and oxygen atoms in total. The monoisotopic (exact) mass is 240 g/mol. The van der Waals surface area contributed by atoms with E-state index in [1.807, 2.05) is 19.1 Å². The van der Waals surface area contributed by atoms with E-state index in [0.29, 0.717) is 18.1 Å². The molecule has 0 spiro atoms. The molecule has 0 bridgehead atoms. The van der Waals surface area contributed by atoms with Gasteiger partial charge >= 0.3 is 6.09 Å². The number of aryl methyl sites for hydroxylation is 1. The zero-order valence-electron chi connectivity index (χ0n) is 8.94. The van der Waals surface area contributed by atoms with Gasteiger partial charge in [-0.25, -0.2) is 4.79 Å². The van der Waals surface area contributed by atoms with Crippen molar-refractivity contribution in [3.63, 3.8) is 0 Å². The van der Waals surface area contributed by atoms with Gasteiger partial charge < -0.3 is 10.5 Å². The Bertz CT molecular complexity index is 422. The van der Waals surface area contributed by atoms with E-state index in [4.69, 9.17) is 22.1 Å². The molecule has 5 heteroatoms. The van der Waals surface area contributed by atoms with Gasteiger partial charge in [0, 0.05) is 17.3 Å². The second-order valence-electron chi connectivity index (χ2n) is 3.79. The Kier molecular flexibility index (Phi) is 3.03. The van der Waals surface area contributed by atoms with Crippen LogP contribution in [-0.2, 0) is 4.74 Å². The molecule has 1 amide bonds. The van der Waals surface area contributed by atoms with E-state index in [9.17, 15) is 4.79 Å². The van der Waals surface area contributed by atoms with Crippen LogP contribution in [0, 0.1) is 6.92 Å². The number of amides is 1. The molecule has 2 N–H and O–H groups in total. The maximum Gasteiger partial charge on any atom is 0.414 e. The number of anilines is 1. The van der Waals surface area contributed by atoms with E-state index in [2.05, 4.69) is 0 Å². The minimum absolute atomic E-state index is 0.229. The number of nitrogens with zero attached hydrogens (tertiary/aromatic N) is 1. The van der Waals surface area contributed by atoms with E-state index in [0.717, 1.165) is 11.3 Å². The van der Waals surface area contributed by atoms with Crippen molar-refractivity contribution < 1.29 is 9.53 Å². The first-order chi connectivity index (χ1) is 7.61. The van der Waals surface area contributed by atoms with Crippen LogP contribution in [0.15, 0.2) is 18.2 Å². The first-order valence-corrected chi connectivity index (χ1v) is 5.44. The topological polar surface area (TPSA) is 55.6 Å². The minimum atomic E-state index is -0.365. The second-order valence-corrected chi connectivity index (χ2v) is 4.19. The smallest absolute Gasteiger partial charge is 0.414 e. The van der Waals surface area contributed by atoms with Gasteiger partial charge in [-0.1, -0.05) is 17.7 Å². The number of hydrogen-bond acceptors (Lipinski definition) is 3. The summed E-state index contributed by atoms with van der Waals surface area (Å²) in [7, 11) is 0. The van der Waals surface area contributed by atoms with Gasteiger partial charge in [0.2, 0.25) is 0 Å². The number of carbonyl (C=O) groups excluding carboxylic acids is 1. The molecule has 2 rings (SSSR count). The average molecular weight is 241 g/mol. The number of rotatable bonds is 2. The Balaban J connectivity index is 2.24. The van der Waals surface area contributed by atoms with Crippen LogP contribution in [0.4, 0.5) is 10.5 Å². The molecule has 1 aliphatic heterocycles. The first kappa shape index (κ1) is 11.2. The van der Waals surface area contributed by atoms with Crippen molar-refractivity contribution in [3.05, 3.63) is 28.8 Å². The predicted molar refractivity (Wildman–Crippen MR) is 62.9 cm³/mol. The highest BCUT2D eigenvalue weighted by Crippen LogP contribution is 2.26. The van der Waals surface area contributed by atoms with Crippen LogP contribution in [0.3, 0.4) is 0 Å². The molecule has 1 atom stereocenters. The molecule has 1 saturated heterocycles. The van der Waals surface area contributed by atoms with Crippen molar-refractivity contribution in [3.8, 4) is 0 Å². The van der Waals surface area contributed by atoms with Gasteiger partial charge in [0.05, 0.1) is 6.54 Å². The van der Waals surface area contributed by atoms with Crippen molar-refractivity contribution in [1.82, 2.24) is 0 Å². The standard InChI is InChI=1S/C11H13ClN2O2/c1-7-2-3-8(4-10(7)12)14-6-9(5-13)16-11(14)15/h2-4,9H,5-6,13H2,1H3. The maximum atomic E-state index is 11.5. The van der Waals surface area contributed by atoms with Crippen LogP contribution in [0.5, 0.6) is 0 Å². The fourth-order valence-electron chi connectivity index (χ4n) is 1.60. The highest BCUT2D eigenvalue weighted by atomic mass is 35.5. The molecule has 1 aliphatic rings. The van der Waals surface area contributed by atoms with Gasteiger partial charge in [-0.05, 0) is 24.6 Å². The summed E-state index contributed by atoms with van der Waals surface area (Å²) in [6.45, 7) is 2.73. The Morgan fingerprint density at radius 2 is 2.38 bits per heavy atom. The molecular weight excluding hydrogens is 228 g/mol. The van der Waals surface area contributed by atoms with E-state index >= 15 is 0 Å². The van der Waals surface area contributed by atoms with Gasteiger partial charge in [-0.2, -0.15) is 0 Å². The van der Waals surface area contributed by atoms with Crippen molar-refractivity contribution in [2.75, 3.05) is 18.0 Å². The molecule has 86 valence electrons. The lowest BCUT2D eigenvalue weighted by Gasteiger charge is -2.13. The molecule has 0 saturated carbocycles. The number of benzene rings is 1. The number of nitrogens with two attached hydrogens (primary N) is 1. The lowest BCUT2D eigenvalue weighted by Crippen LogP contribution is -2.27. The summed E-state index contributed by atoms with van der Waals surface area (Å²) in [5, 5.41) is 0.640. The van der Waals surface area contributed by atoms with E-state index in [1.54, 1.807) is 11.0 Å². The summed E-state index contributed by atoms with van der Waals surface area (Å²) in [6, 6.07) is 5.49. The fourth-order valence-corrected chi connectivity index (χ4v) is 1.78. The van der Waals surface area contributed by atoms with E-state index in [1.165, 1.54) is 0 Å². The van der Waals surface area contributed by atoms with Crippen LogP contribution < -0.4 is 10.6 Å².